The first-order valence-corrected chi connectivity index (χ1v) is 6.20. The topological polar surface area (TPSA) is 57.5 Å². The number of carboxylic acids is 1. The summed E-state index contributed by atoms with van der Waals surface area (Å²) in [5.41, 5.74) is 1.71. The average molecular weight is 234 g/mol. The van der Waals surface area contributed by atoms with E-state index in [1.807, 2.05) is 6.07 Å². The first-order chi connectivity index (χ1) is 8.16. The second-order valence-electron chi connectivity index (χ2n) is 4.80. The third-order valence-corrected chi connectivity index (χ3v) is 3.49. The maximum absolute atomic E-state index is 10.7. The molecule has 2 N–H and O–H groups in total. The van der Waals surface area contributed by atoms with Crippen LogP contribution in [0.25, 0.3) is 0 Å². The highest BCUT2D eigenvalue weighted by Crippen LogP contribution is 2.37. The second-order valence-corrected chi connectivity index (χ2v) is 4.80. The quantitative estimate of drug-likeness (QED) is 0.845. The highest BCUT2D eigenvalue weighted by molar-refractivity contribution is 5.70. The molecule has 0 aliphatic heterocycles. The third kappa shape index (κ3) is 2.99. The van der Waals surface area contributed by atoms with Crippen LogP contribution in [-0.2, 0) is 11.2 Å². The molecule has 2 rings (SSSR count). The molecule has 17 heavy (non-hydrogen) atoms. The number of rotatable bonds is 3. The van der Waals surface area contributed by atoms with Gasteiger partial charge in [-0.1, -0.05) is 31.4 Å². The number of aliphatic carboxylic acids is 1. The summed E-state index contributed by atoms with van der Waals surface area (Å²) in [6.45, 7) is 0. The number of hydrogen-bond acceptors (Lipinski definition) is 2. The number of carbonyl (C=O) groups is 1. The van der Waals surface area contributed by atoms with Crippen molar-refractivity contribution >= 4 is 5.97 Å². The van der Waals surface area contributed by atoms with Crippen molar-refractivity contribution in [2.45, 2.75) is 44.4 Å². The zero-order chi connectivity index (χ0) is 12.3. The molecule has 1 aliphatic carbocycles. The minimum absolute atomic E-state index is 0.0278. The van der Waals surface area contributed by atoms with E-state index in [1.54, 1.807) is 12.1 Å². The Labute approximate surface area is 101 Å². The van der Waals surface area contributed by atoms with Crippen LogP contribution in [0.5, 0.6) is 5.75 Å². The molecule has 0 heterocycles. The predicted molar refractivity (Wildman–Crippen MR) is 65.3 cm³/mol. The molecule has 0 unspecified atom stereocenters. The normalized spacial score (nSPS) is 16.9. The molecule has 3 heteroatoms. The fourth-order valence-electron chi connectivity index (χ4n) is 2.63. The molecule has 1 fully saturated rings. The standard InChI is InChI=1S/C14H18O3/c15-13-7-6-10(9-14(16)17)8-12(13)11-4-2-1-3-5-11/h6-8,11,15H,1-5,9H2,(H,16,17). The first-order valence-electron chi connectivity index (χ1n) is 6.20. The van der Waals surface area contributed by atoms with E-state index in [-0.39, 0.29) is 6.42 Å². The fourth-order valence-corrected chi connectivity index (χ4v) is 2.63. The van der Waals surface area contributed by atoms with Crippen molar-refractivity contribution in [3.05, 3.63) is 29.3 Å². The van der Waals surface area contributed by atoms with Crippen LogP contribution in [0, 0.1) is 0 Å². The van der Waals surface area contributed by atoms with Crippen LogP contribution < -0.4 is 0 Å². The zero-order valence-electron chi connectivity index (χ0n) is 9.85. The Morgan fingerprint density at radius 2 is 1.94 bits per heavy atom. The Hall–Kier alpha value is -1.51. The first kappa shape index (κ1) is 12.0. The number of hydrogen-bond donors (Lipinski definition) is 2. The highest BCUT2D eigenvalue weighted by atomic mass is 16.4. The van der Waals surface area contributed by atoms with E-state index >= 15 is 0 Å². The van der Waals surface area contributed by atoms with Gasteiger partial charge < -0.3 is 10.2 Å². The highest BCUT2D eigenvalue weighted by Gasteiger charge is 2.19. The third-order valence-electron chi connectivity index (χ3n) is 3.49. The van der Waals surface area contributed by atoms with E-state index in [9.17, 15) is 9.90 Å². The van der Waals surface area contributed by atoms with E-state index in [0.29, 0.717) is 11.7 Å². The SMILES string of the molecule is O=C(O)Cc1ccc(O)c(C2CCCCC2)c1. The molecular weight excluding hydrogens is 216 g/mol. The summed E-state index contributed by atoms with van der Waals surface area (Å²) in [5, 5.41) is 18.6. The molecule has 1 aliphatic rings. The van der Waals surface area contributed by atoms with Gasteiger partial charge in [0.05, 0.1) is 6.42 Å². The van der Waals surface area contributed by atoms with Crippen LogP contribution in [0.1, 0.15) is 49.1 Å². The van der Waals surface area contributed by atoms with E-state index in [2.05, 4.69) is 0 Å². The summed E-state index contributed by atoms with van der Waals surface area (Å²) in [6.07, 6.45) is 5.90. The molecule has 0 amide bonds. The van der Waals surface area contributed by atoms with Crippen molar-refractivity contribution in [1.29, 1.82) is 0 Å². The molecule has 0 spiro atoms. The molecule has 1 saturated carbocycles. The van der Waals surface area contributed by atoms with Gasteiger partial charge in [0.2, 0.25) is 0 Å². The maximum atomic E-state index is 10.7. The Balaban J connectivity index is 2.21. The van der Waals surface area contributed by atoms with Crippen molar-refractivity contribution in [3.63, 3.8) is 0 Å². The Morgan fingerprint density at radius 1 is 1.24 bits per heavy atom. The van der Waals surface area contributed by atoms with Gasteiger partial charge in [-0.25, -0.2) is 0 Å². The van der Waals surface area contributed by atoms with Crippen molar-refractivity contribution in [2.75, 3.05) is 0 Å². The van der Waals surface area contributed by atoms with Crippen LogP contribution in [0.2, 0.25) is 0 Å². The lowest BCUT2D eigenvalue weighted by atomic mass is 9.83. The monoisotopic (exact) mass is 234 g/mol. The molecule has 0 atom stereocenters. The smallest absolute Gasteiger partial charge is 0.307 e. The van der Waals surface area contributed by atoms with Crippen LogP contribution in [0.15, 0.2) is 18.2 Å². The second kappa shape index (κ2) is 5.21. The Morgan fingerprint density at radius 3 is 2.59 bits per heavy atom. The molecule has 0 saturated heterocycles. The van der Waals surface area contributed by atoms with Crippen molar-refractivity contribution < 1.29 is 15.0 Å². The van der Waals surface area contributed by atoms with E-state index in [4.69, 9.17) is 5.11 Å². The number of aromatic hydroxyl groups is 1. The van der Waals surface area contributed by atoms with E-state index < -0.39 is 5.97 Å². The lowest BCUT2D eigenvalue weighted by molar-refractivity contribution is -0.136. The van der Waals surface area contributed by atoms with Crippen molar-refractivity contribution in [1.82, 2.24) is 0 Å². The summed E-state index contributed by atoms with van der Waals surface area (Å²) < 4.78 is 0. The molecule has 0 aromatic heterocycles. The predicted octanol–water partition coefficient (Wildman–Crippen LogP) is 3.07. The van der Waals surface area contributed by atoms with Crippen LogP contribution in [-0.4, -0.2) is 16.2 Å². The molecule has 0 bridgehead atoms. The molecule has 92 valence electrons. The van der Waals surface area contributed by atoms with Crippen LogP contribution >= 0.6 is 0 Å². The summed E-state index contributed by atoms with van der Waals surface area (Å²) in [4.78, 5) is 10.7. The summed E-state index contributed by atoms with van der Waals surface area (Å²) in [6, 6.07) is 5.18. The lowest BCUT2D eigenvalue weighted by Crippen LogP contribution is -2.06. The Bertz CT molecular complexity index is 406. The van der Waals surface area contributed by atoms with Gasteiger partial charge in [-0.15, -0.1) is 0 Å². The summed E-state index contributed by atoms with van der Waals surface area (Å²) in [5.74, 6) is -0.117. The molecule has 1 aromatic rings. The largest absolute Gasteiger partial charge is 0.508 e. The number of carboxylic acid groups (broad SMARTS) is 1. The van der Waals surface area contributed by atoms with Gasteiger partial charge in [0.15, 0.2) is 0 Å². The van der Waals surface area contributed by atoms with Gasteiger partial charge in [0.25, 0.3) is 0 Å². The molecule has 0 radical (unpaired) electrons. The van der Waals surface area contributed by atoms with Crippen LogP contribution in [0.4, 0.5) is 0 Å². The Kier molecular flexibility index (Phi) is 3.67. The maximum Gasteiger partial charge on any atom is 0.307 e. The fraction of sp³-hybridized carbons (Fsp3) is 0.500. The average Bonchev–Trinajstić information content (AvgIpc) is 2.32. The van der Waals surface area contributed by atoms with Gasteiger partial charge in [-0.2, -0.15) is 0 Å². The molecule has 1 aromatic carbocycles. The van der Waals surface area contributed by atoms with E-state index in [0.717, 1.165) is 24.0 Å². The van der Waals surface area contributed by atoms with Gasteiger partial charge >= 0.3 is 5.97 Å². The molecular formula is C14H18O3. The molecule has 3 nitrogen and oxygen atoms in total. The van der Waals surface area contributed by atoms with Gasteiger partial charge in [0.1, 0.15) is 5.75 Å². The number of phenols is 1. The van der Waals surface area contributed by atoms with Crippen molar-refractivity contribution in [3.8, 4) is 5.75 Å². The summed E-state index contributed by atoms with van der Waals surface area (Å²) in [7, 11) is 0. The van der Waals surface area contributed by atoms with Crippen molar-refractivity contribution in [2.24, 2.45) is 0 Å². The van der Waals surface area contributed by atoms with Gasteiger partial charge in [-0.05, 0) is 36.0 Å². The van der Waals surface area contributed by atoms with Crippen LogP contribution in [0.3, 0.4) is 0 Å². The summed E-state index contributed by atoms with van der Waals surface area (Å²) >= 11 is 0. The van der Waals surface area contributed by atoms with Gasteiger partial charge in [0, 0.05) is 0 Å². The lowest BCUT2D eigenvalue weighted by Gasteiger charge is -2.23. The minimum Gasteiger partial charge on any atom is -0.508 e. The number of benzene rings is 1. The zero-order valence-corrected chi connectivity index (χ0v) is 9.85. The number of phenolic OH excluding ortho intramolecular Hbond substituents is 1. The minimum atomic E-state index is -0.828. The van der Waals surface area contributed by atoms with Gasteiger partial charge in [-0.3, -0.25) is 4.79 Å². The van der Waals surface area contributed by atoms with E-state index in [1.165, 1.54) is 19.3 Å².